The van der Waals surface area contributed by atoms with E-state index in [4.69, 9.17) is 51.1 Å². The fraction of sp³-hybridized carbons (Fsp3) is 0.214. The van der Waals surface area contributed by atoms with E-state index in [1.54, 1.807) is 11.8 Å². The lowest BCUT2D eigenvalue weighted by Gasteiger charge is -2.20. The van der Waals surface area contributed by atoms with Crippen LogP contribution in [0.1, 0.15) is 43.8 Å². The zero-order valence-corrected chi connectivity index (χ0v) is 23.9. The second-order valence-electron chi connectivity index (χ2n) is 9.45. The van der Waals surface area contributed by atoms with Crippen LogP contribution in [0.3, 0.4) is 0 Å². The van der Waals surface area contributed by atoms with Crippen LogP contribution < -0.4 is 14.5 Å². The summed E-state index contributed by atoms with van der Waals surface area (Å²) in [4.78, 5) is 54.6. The van der Waals surface area contributed by atoms with E-state index in [-0.39, 0.29) is 61.5 Å². The highest BCUT2D eigenvalue weighted by atomic mass is 35.5. The van der Waals surface area contributed by atoms with Crippen LogP contribution in [-0.4, -0.2) is 30.2 Å². The Balaban J connectivity index is 1.35. The molecule has 0 radical (unpaired) electrons. The number of rotatable bonds is 4. The first-order chi connectivity index (χ1) is 18.4. The highest BCUT2D eigenvalue weighted by molar-refractivity contribution is 6.56. The van der Waals surface area contributed by atoms with Crippen LogP contribution in [0.5, 0.6) is 5.75 Å². The molecule has 3 amide bonds. The predicted octanol–water partition coefficient (Wildman–Crippen LogP) is 6.98. The van der Waals surface area contributed by atoms with Gasteiger partial charge in [0.05, 0.1) is 42.8 Å². The van der Waals surface area contributed by atoms with E-state index in [0.717, 1.165) is 21.7 Å². The van der Waals surface area contributed by atoms with Crippen LogP contribution >= 0.6 is 46.4 Å². The van der Waals surface area contributed by atoms with Gasteiger partial charge in [0.15, 0.2) is 0 Å². The molecule has 1 fully saturated rings. The number of nitrogens with zero attached hydrogens (tertiary/aromatic N) is 2. The summed E-state index contributed by atoms with van der Waals surface area (Å²) in [5, 5.41) is -0.562. The minimum Gasteiger partial charge on any atom is -0.426 e. The van der Waals surface area contributed by atoms with Gasteiger partial charge in [-0.25, -0.2) is 4.90 Å². The molecule has 1 atom stereocenters. The molecule has 200 valence electrons. The van der Waals surface area contributed by atoms with E-state index in [1.807, 2.05) is 32.0 Å². The number of carbonyl (C=O) groups is 4. The second kappa shape index (κ2) is 10.1. The molecule has 3 aromatic carbocycles. The Morgan fingerprint density at radius 2 is 1.44 bits per heavy atom. The summed E-state index contributed by atoms with van der Waals surface area (Å²) in [7, 11) is 0. The summed E-state index contributed by atoms with van der Waals surface area (Å²) in [5.41, 5.74) is 3.27. The molecule has 5 rings (SSSR count). The van der Waals surface area contributed by atoms with Gasteiger partial charge >= 0.3 is 5.97 Å². The van der Waals surface area contributed by atoms with Gasteiger partial charge in [-0.05, 0) is 61.7 Å². The minimum absolute atomic E-state index is 0.0327. The zero-order chi connectivity index (χ0) is 28.3. The smallest absolute Gasteiger partial charge is 0.316 e. The number of halogens is 4. The van der Waals surface area contributed by atoms with Crippen molar-refractivity contribution in [1.29, 1.82) is 0 Å². The number of fused-ring (bicyclic) bond motifs is 1. The van der Waals surface area contributed by atoms with Crippen molar-refractivity contribution in [3.05, 3.63) is 84.3 Å². The maximum atomic E-state index is 13.2. The molecule has 2 aliphatic rings. The van der Waals surface area contributed by atoms with Crippen LogP contribution in [0.25, 0.3) is 0 Å². The molecule has 1 saturated heterocycles. The number of ether oxygens (including phenoxy) is 1. The number of hydrogen-bond acceptors (Lipinski definition) is 5. The molecular weight excluding hydrogens is 586 g/mol. The van der Waals surface area contributed by atoms with Crippen LogP contribution in [0, 0.1) is 26.7 Å². The summed E-state index contributed by atoms with van der Waals surface area (Å²) >= 11 is 24.6. The summed E-state index contributed by atoms with van der Waals surface area (Å²) in [6, 6.07) is 10.2. The molecule has 3 aromatic rings. The summed E-state index contributed by atoms with van der Waals surface area (Å²) < 4.78 is 5.59. The van der Waals surface area contributed by atoms with Gasteiger partial charge in [0.25, 0.3) is 11.8 Å². The number of amides is 3. The molecule has 2 aliphatic heterocycles. The lowest BCUT2D eigenvalue weighted by Crippen LogP contribution is -2.30. The molecule has 0 bridgehead atoms. The van der Waals surface area contributed by atoms with Gasteiger partial charge in [0.2, 0.25) is 5.91 Å². The van der Waals surface area contributed by atoms with Crippen molar-refractivity contribution < 1.29 is 23.9 Å². The van der Waals surface area contributed by atoms with Gasteiger partial charge < -0.3 is 9.64 Å². The van der Waals surface area contributed by atoms with Gasteiger partial charge in [-0.15, -0.1) is 0 Å². The number of anilines is 2. The standard InChI is InChI=1S/C28H20Cl4N2O5/c1-12-5-4-6-18(14(12)3)33-11-15(10-19(33)35)28(38)39-16-7-8-17(13(2)9-16)34-26(36)20-21(27(34)37)23(30)25(32)24(31)22(20)29/h4-9,15H,10-11H2,1-3H3/t15-/m1/s1. The van der Waals surface area contributed by atoms with Gasteiger partial charge in [-0.1, -0.05) is 58.5 Å². The average molecular weight is 606 g/mol. The van der Waals surface area contributed by atoms with E-state index in [9.17, 15) is 19.2 Å². The topological polar surface area (TPSA) is 84.0 Å². The summed E-state index contributed by atoms with van der Waals surface area (Å²) in [5.74, 6) is -2.55. The molecular formula is C28H20Cl4N2O5. The van der Waals surface area contributed by atoms with Gasteiger partial charge in [-0.2, -0.15) is 0 Å². The molecule has 0 spiro atoms. The third kappa shape index (κ3) is 4.47. The summed E-state index contributed by atoms with van der Waals surface area (Å²) in [6.07, 6.45) is 0.0327. The molecule has 11 heteroatoms. The number of aryl methyl sites for hydroxylation is 2. The fourth-order valence-corrected chi connectivity index (χ4v) is 5.85. The quantitative estimate of drug-likeness (QED) is 0.105. The monoisotopic (exact) mass is 604 g/mol. The van der Waals surface area contributed by atoms with Crippen molar-refractivity contribution in [3.63, 3.8) is 0 Å². The highest BCUT2D eigenvalue weighted by Crippen LogP contribution is 2.46. The zero-order valence-electron chi connectivity index (χ0n) is 20.9. The lowest BCUT2D eigenvalue weighted by molar-refractivity contribution is -0.139. The number of hydrogen-bond donors (Lipinski definition) is 0. The molecule has 0 saturated carbocycles. The van der Waals surface area contributed by atoms with Crippen molar-refractivity contribution in [2.24, 2.45) is 5.92 Å². The largest absolute Gasteiger partial charge is 0.426 e. The first kappa shape index (κ1) is 27.5. The van der Waals surface area contributed by atoms with E-state index in [0.29, 0.717) is 5.56 Å². The average Bonchev–Trinajstić information content (AvgIpc) is 3.40. The second-order valence-corrected chi connectivity index (χ2v) is 11.0. The number of benzene rings is 3. The predicted molar refractivity (Wildman–Crippen MR) is 151 cm³/mol. The van der Waals surface area contributed by atoms with E-state index in [2.05, 4.69) is 0 Å². The Morgan fingerprint density at radius 3 is 2.03 bits per heavy atom. The molecule has 0 aliphatic carbocycles. The van der Waals surface area contributed by atoms with E-state index < -0.39 is 23.7 Å². The van der Waals surface area contributed by atoms with Crippen LogP contribution in [0.15, 0.2) is 36.4 Å². The SMILES string of the molecule is Cc1cc(OC(=O)[C@@H]2CC(=O)N(c3cccc(C)c3C)C2)ccc1N1C(=O)c2c(Cl)c(Cl)c(Cl)c(Cl)c2C1=O. The normalized spacial score (nSPS) is 16.8. The van der Waals surface area contributed by atoms with Crippen LogP contribution in [-0.2, 0) is 9.59 Å². The van der Waals surface area contributed by atoms with Crippen LogP contribution in [0.2, 0.25) is 20.1 Å². The van der Waals surface area contributed by atoms with E-state index >= 15 is 0 Å². The first-order valence-corrected chi connectivity index (χ1v) is 13.4. The third-order valence-corrected chi connectivity index (χ3v) is 8.86. The van der Waals surface area contributed by atoms with Crippen LogP contribution in [0.4, 0.5) is 11.4 Å². The van der Waals surface area contributed by atoms with Crippen molar-refractivity contribution >= 4 is 81.5 Å². The first-order valence-electron chi connectivity index (χ1n) is 11.9. The molecule has 0 aromatic heterocycles. The Kier molecular flexibility index (Phi) is 7.14. The van der Waals surface area contributed by atoms with Gasteiger partial charge in [0.1, 0.15) is 5.75 Å². The Labute approximate surface area is 244 Å². The molecule has 0 unspecified atom stereocenters. The van der Waals surface area contributed by atoms with Crippen molar-refractivity contribution in [2.45, 2.75) is 27.2 Å². The van der Waals surface area contributed by atoms with E-state index in [1.165, 1.54) is 18.2 Å². The number of esters is 1. The molecule has 0 N–H and O–H groups in total. The Bertz CT molecular complexity index is 1570. The summed E-state index contributed by atoms with van der Waals surface area (Å²) in [6.45, 7) is 5.77. The third-order valence-electron chi connectivity index (χ3n) is 7.05. The molecule has 39 heavy (non-hydrogen) atoms. The maximum Gasteiger partial charge on any atom is 0.316 e. The Morgan fingerprint density at radius 1 is 0.821 bits per heavy atom. The maximum absolute atomic E-state index is 13.2. The van der Waals surface area contributed by atoms with Gasteiger partial charge in [0, 0.05) is 18.7 Å². The number of carbonyl (C=O) groups excluding carboxylic acids is 4. The van der Waals surface area contributed by atoms with Crippen molar-refractivity contribution in [3.8, 4) is 5.75 Å². The lowest BCUT2D eigenvalue weighted by atomic mass is 10.1. The molecule has 2 heterocycles. The minimum atomic E-state index is -0.704. The highest BCUT2D eigenvalue weighted by Gasteiger charge is 2.43. The molecule has 7 nitrogen and oxygen atoms in total. The Hall–Kier alpha value is -3.10. The number of imide groups is 1. The van der Waals surface area contributed by atoms with Gasteiger partial charge in [-0.3, -0.25) is 19.2 Å². The van der Waals surface area contributed by atoms with Crippen molar-refractivity contribution in [1.82, 2.24) is 0 Å². The van der Waals surface area contributed by atoms with Crippen molar-refractivity contribution in [2.75, 3.05) is 16.3 Å². The fourth-order valence-electron chi connectivity index (χ4n) is 4.84.